The molecule has 1 atom stereocenters. The van der Waals surface area contributed by atoms with Gasteiger partial charge in [0, 0.05) is 17.2 Å². The van der Waals surface area contributed by atoms with Gasteiger partial charge in [-0.15, -0.1) is 0 Å². The van der Waals surface area contributed by atoms with E-state index in [0.717, 1.165) is 5.56 Å². The molecule has 1 heterocycles. The van der Waals surface area contributed by atoms with Gasteiger partial charge in [-0.2, -0.15) is 0 Å². The topological polar surface area (TPSA) is 89.4 Å². The number of nitrogens with two attached hydrogens (primary N) is 1. The molecule has 0 aliphatic carbocycles. The van der Waals surface area contributed by atoms with Crippen LogP contribution >= 0.6 is 0 Å². The fraction of sp³-hybridized carbons (Fsp3) is 0.0769. The number of amides is 1. The Kier molecular flexibility index (Phi) is 3.25. The van der Waals surface area contributed by atoms with Gasteiger partial charge >= 0.3 is 0 Å². The van der Waals surface area contributed by atoms with Gasteiger partial charge in [0.15, 0.2) is 5.76 Å². The Hall–Kier alpha value is -2.40. The second-order valence-corrected chi connectivity index (χ2v) is 3.77. The Morgan fingerprint density at radius 2 is 2.06 bits per heavy atom. The molecule has 0 radical (unpaired) electrons. The maximum atomic E-state index is 10.9. The first-order valence-corrected chi connectivity index (χ1v) is 5.28. The van der Waals surface area contributed by atoms with Crippen LogP contribution < -0.4 is 5.73 Å². The van der Waals surface area contributed by atoms with E-state index in [4.69, 9.17) is 10.3 Å². The van der Waals surface area contributed by atoms with E-state index >= 15 is 0 Å². The largest absolute Gasteiger partial charge is 0.382 e. The number of aromatic nitrogens is 1. The van der Waals surface area contributed by atoms with E-state index in [2.05, 4.69) is 11.7 Å². The van der Waals surface area contributed by atoms with E-state index < -0.39 is 12.0 Å². The number of aliphatic hydroxyl groups excluding tert-OH is 1. The highest BCUT2D eigenvalue weighted by molar-refractivity contribution is 5.92. The molecule has 0 aliphatic heterocycles. The third kappa shape index (κ3) is 2.31. The quantitative estimate of drug-likeness (QED) is 0.796. The van der Waals surface area contributed by atoms with E-state index in [0.29, 0.717) is 5.76 Å². The van der Waals surface area contributed by atoms with Crippen LogP contribution in [0.4, 0.5) is 0 Å². The minimum atomic E-state index is -1.25. The van der Waals surface area contributed by atoms with Crippen LogP contribution in [-0.4, -0.2) is 16.2 Å². The van der Waals surface area contributed by atoms with Gasteiger partial charge in [-0.3, -0.25) is 4.79 Å². The van der Waals surface area contributed by atoms with Gasteiger partial charge in [0.05, 0.1) is 0 Å². The van der Waals surface area contributed by atoms with Crippen molar-refractivity contribution in [1.82, 2.24) is 5.16 Å². The third-order valence-corrected chi connectivity index (χ3v) is 2.51. The lowest BCUT2D eigenvalue weighted by atomic mass is 10.1. The highest BCUT2D eigenvalue weighted by atomic mass is 16.5. The molecule has 0 saturated carbocycles. The van der Waals surface area contributed by atoms with E-state index in [-0.39, 0.29) is 11.3 Å². The molecule has 0 saturated heterocycles. The molecule has 1 amide bonds. The summed E-state index contributed by atoms with van der Waals surface area (Å²) in [6.45, 7) is 3.41. The number of primary amides is 1. The van der Waals surface area contributed by atoms with Gasteiger partial charge in [-0.1, -0.05) is 42.1 Å². The van der Waals surface area contributed by atoms with E-state index in [1.165, 1.54) is 0 Å². The van der Waals surface area contributed by atoms with Crippen molar-refractivity contribution >= 4 is 5.91 Å². The number of aliphatic hydroxyl groups is 1. The smallest absolute Gasteiger partial charge is 0.247 e. The van der Waals surface area contributed by atoms with Crippen LogP contribution in [0.15, 0.2) is 53.1 Å². The molecule has 1 aromatic carbocycles. The zero-order valence-electron chi connectivity index (χ0n) is 9.54. The lowest BCUT2D eigenvalue weighted by Crippen LogP contribution is -2.18. The first kappa shape index (κ1) is 12.1. The normalized spacial score (nSPS) is 12.1. The third-order valence-electron chi connectivity index (χ3n) is 2.51. The van der Waals surface area contributed by atoms with Crippen molar-refractivity contribution < 1.29 is 14.4 Å². The molecule has 0 spiro atoms. The summed E-state index contributed by atoms with van der Waals surface area (Å²) in [6.07, 6.45) is -1.25. The standard InChI is InChI=1S/C13H12N2O3/c1-8(13(14)17)12(16)10-7-11(18-15-10)9-5-3-2-4-6-9/h2-7,12,16H,1H2,(H2,14,17). The van der Waals surface area contributed by atoms with E-state index in [1.54, 1.807) is 6.07 Å². The molecule has 2 rings (SSSR count). The molecule has 2 aromatic rings. The summed E-state index contributed by atoms with van der Waals surface area (Å²) in [6, 6.07) is 10.8. The van der Waals surface area contributed by atoms with E-state index in [1.807, 2.05) is 30.3 Å². The SMILES string of the molecule is C=C(C(N)=O)C(O)c1cc(-c2ccccc2)on1. The minimum Gasteiger partial charge on any atom is -0.382 e. The molecule has 0 fully saturated rings. The maximum absolute atomic E-state index is 10.9. The molecular formula is C13H12N2O3. The Morgan fingerprint density at radius 3 is 2.67 bits per heavy atom. The van der Waals surface area contributed by atoms with Crippen molar-refractivity contribution in [3.63, 3.8) is 0 Å². The maximum Gasteiger partial charge on any atom is 0.247 e. The predicted octanol–water partition coefficient (Wildman–Crippen LogP) is 1.42. The summed E-state index contributed by atoms with van der Waals surface area (Å²) in [5, 5.41) is 13.5. The van der Waals surface area contributed by atoms with Crippen LogP contribution in [0, 0.1) is 0 Å². The average Bonchev–Trinajstić information content (AvgIpc) is 2.87. The summed E-state index contributed by atoms with van der Waals surface area (Å²) >= 11 is 0. The molecule has 1 aromatic heterocycles. The van der Waals surface area contributed by atoms with Gasteiger partial charge in [0.25, 0.3) is 0 Å². The monoisotopic (exact) mass is 244 g/mol. The van der Waals surface area contributed by atoms with Crippen LogP contribution in [0.3, 0.4) is 0 Å². The number of carbonyl (C=O) groups is 1. The van der Waals surface area contributed by atoms with Gasteiger partial charge in [0.2, 0.25) is 5.91 Å². The zero-order chi connectivity index (χ0) is 13.1. The Bertz CT molecular complexity index is 575. The highest BCUT2D eigenvalue weighted by Gasteiger charge is 2.20. The Labute approximate surface area is 104 Å². The van der Waals surface area contributed by atoms with Crippen molar-refractivity contribution in [3.8, 4) is 11.3 Å². The van der Waals surface area contributed by atoms with Gasteiger partial charge in [-0.05, 0) is 0 Å². The van der Waals surface area contributed by atoms with Crippen LogP contribution in [0.2, 0.25) is 0 Å². The number of hydrogen-bond donors (Lipinski definition) is 2. The van der Waals surface area contributed by atoms with E-state index in [9.17, 15) is 9.90 Å². The van der Waals surface area contributed by atoms with Crippen LogP contribution in [0.1, 0.15) is 11.8 Å². The second kappa shape index (κ2) is 4.85. The van der Waals surface area contributed by atoms with Crippen molar-refractivity contribution in [2.45, 2.75) is 6.10 Å². The number of benzene rings is 1. The van der Waals surface area contributed by atoms with Crippen LogP contribution in [-0.2, 0) is 4.79 Å². The van der Waals surface area contributed by atoms with Gasteiger partial charge < -0.3 is 15.4 Å². The summed E-state index contributed by atoms with van der Waals surface area (Å²) in [4.78, 5) is 10.9. The first-order valence-electron chi connectivity index (χ1n) is 5.28. The molecule has 3 N–H and O–H groups in total. The second-order valence-electron chi connectivity index (χ2n) is 3.77. The van der Waals surface area contributed by atoms with Crippen LogP contribution in [0.25, 0.3) is 11.3 Å². The van der Waals surface area contributed by atoms with Gasteiger partial charge in [0.1, 0.15) is 11.8 Å². The fourth-order valence-corrected chi connectivity index (χ4v) is 1.47. The van der Waals surface area contributed by atoms with Crippen molar-refractivity contribution in [2.24, 2.45) is 5.73 Å². The Balaban J connectivity index is 2.26. The van der Waals surface area contributed by atoms with Gasteiger partial charge in [-0.25, -0.2) is 0 Å². The first-order chi connectivity index (χ1) is 8.59. The molecule has 92 valence electrons. The molecule has 1 unspecified atom stereocenters. The summed E-state index contributed by atoms with van der Waals surface area (Å²) in [5.74, 6) is -0.270. The Morgan fingerprint density at radius 1 is 1.39 bits per heavy atom. The van der Waals surface area contributed by atoms with Crippen molar-refractivity contribution in [3.05, 3.63) is 54.2 Å². The molecule has 5 nitrogen and oxygen atoms in total. The fourth-order valence-electron chi connectivity index (χ4n) is 1.47. The lowest BCUT2D eigenvalue weighted by molar-refractivity contribution is -0.115. The molecule has 18 heavy (non-hydrogen) atoms. The molecule has 5 heteroatoms. The summed E-state index contributed by atoms with van der Waals surface area (Å²) < 4.78 is 5.10. The highest BCUT2D eigenvalue weighted by Crippen LogP contribution is 2.25. The number of hydrogen-bond acceptors (Lipinski definition) is 4. The summed E-state index contributed by atoms with van der Waals surface area (Å²) in [5.41, 5.74) is 5.95. The molecule has 0 aliphatic rings. The zero-order valence-corrected chi connectivity index (χ0v) is 9.54. The van der Waals surface area contributed by atoms with Crippen molar-refractivity contribution in [2.75, 3.05) is 0 Å². The van der Waals surface area contributed by atoms with Crippen molar-refractivity contribution in [1.29, 1.82) is 0 Å². The number of rotatable bonds is 4. The van der Waals surface area contributed by atoms with Crippen LogP contribution in [0.5, 0.6) is 0 Å². The number of nitrogens with zero attached hydrogens (tertiary/aromatic N) is 1. The summed E-state index contributed by atoms with van der Waals surface area (Å²) in [7, 11) is 0. The minimum absolute atomic E-state index is 0.122. The molecule has 0 bridgehead atoms. The average molecular weight is 244 g/mol. The molecular weight excluding hydrogens is 232 g/mol. The number of carbonyl (C=O) groups excluding carboxylic acids is 1. The lowest BCUT2D eigenvalue weighted by Gasteiger charge is -2.05. The predicted molar refractivity (Wildman–Crippen MR) is 65.2 cm³/mol.